The van der Waals surface area contributed by atoms with Crippen molar-refractivity contribution in [1.82, 2.24) is 0 Å². The summed E-state index contributed by atoms with van der Waals surface area (Å²) in [5.74, 6) is 0. The molecule has 1 atom stereocenters. The Kier molecular flexibility index (Phi) is 3.00. The summed E-state index contributed by atoms with van der Waals surface area (Å²) in [6, 6.07) is 9.22. The number of rotatable bonds is 2. The Balaban J connectivity index is 2.62. The summed E-state index contributed by atoms with van der Waals surface area (Å²) in [6.45, 7) is 12.3. The fourth-order valence-electron chi connectivity index (χ4n) is 4.31. The molecule has 0 N–H and O–H groups in total. The van der Waals surface area contributed by atoms with E-state index < -0.39 is 8.07 Å². The van der Waals surface area contributed by atoms with Crippen LogP contribution < -0.4 is 5.19 Å². The van der Waals surface area contributed by atoms with Crippen molar-refractivity contribution in [3.05, 3.63) is 29.8 Å². The first-order chi connectivity index (χ1) is 7.51. The van der Waals surface area contributed by atoms with Crippen molar-refractivity contribution in [1.29, 1.82) is 0 Å². The topological polar surface area (TPSA) is 0 Å². The fourth-order valence-corrected chi connectivity index (χ4v) is 11.4. The Labute approximate surface area is 101 Å². The lowest BCUT2D eigenvalue weighted by Gasteiger charge is -2.40. The Morgan fingerprint density at radius 1 is 1.06 bits per heavy atom. The van der Waals surface area contributed by atoms with Gasteiger partial charge in [0.05, 0.1) is 8.07 Å². The van der Waals surface area contributed by atoms with Crippen molar-refractivity contribution >= 4 is 13.3 Å². The van der Waals surface area contributed by atoms with Gasteiger partial charge in [-0.05, 0) is 28.6 Å². The number of hydrogen-bond acceptors (Lipinski definition) is 0. The average molecular weight is 232 g/mol. The van der Waals surface area contributed by atoms with Gasteiger partial charge in [-0.3, -0.25) is 0 Å². The van der Waals surface area contributed by atoms with Gasteiger partial charge >= 0.3 is 0 Å². The maximum absolute atomic E-state index is 2.49. The van der Waals surface area contributed by atoms with E-state index in [0.29, 0.717) is 0 Å². The van der Waals surface area contributed by atoms with Crippen LogP contribution in [0.4, 0.5) is 0 Å². The molecule has 0 spiro atoms. The Morgan fingerprint density at radius 3 is 2.19 bits per heavy atom. The van der Waals surface area contributed by atoms with Gasteiger partial charge in [0.2, 0.25) is 0 Å². The van der Waals surface area contributed by atoms with Crippen molar-refractivity contribution in [2.24, 2.45) is 0 Å². The predicted octanol–water partition coefficient (Wildman–Crippen LogP) is 4.11. The molecule has 88 valence electrons. The third-order valence-corrected chi connectivity index (χ3v) is 11.8. The number of benzene rings is 1. The second-order valence-electron chi connectivity index (χ2n) is 6.00. The van der Waals surface area contributed by atoms with Gasteiger partial charge in [-0.2, -0.15) is 0 Å². The van der Waals surface area contributed by atoms with Crippen molar-refractivity contribution in [3.8, 4) is 0 Å². The number of hydrogen-bond donors (Lipinski definition) is 0. The van der Waals surface area contributed by atoms with Crippen LogP contribution in [0.5, 0.6) is 0 Å². The van der Waals surface area contributed by atoms with Crippen LogP contribution in [0.1, 0.15) is 40.2 Å². The molecule has 0 radical (unpaired) electrons. The summed E-state index contributed by atoms with van der Waals surface area (Å²) in [5, 5.41) is 1.76. The van der Waals surface area contributed by atoms with E-state index in [1.54, 1.807) is 10.8 Å². The molecule has 0 amide bonds. The van der Waals surface area contributed by atoms with Crippen molar-refractivity contribution in [2.75, 3.05) is 0 Å². The van der Waals surface area contributed by atoms with Crippen molar-refractivity contribution in [3.63, 3.8) is 0 Å². The van der Waals surface area contributed by atoms with E-state index in [-0.39, 0.29) is 0 Å². The van der Waals surface area contributed by atoms with Crippen molar-refractivity contribution in [2.45, 2.75) is 57.7 Å². The number of fused-ring (bicyclic) bond motifs is 1. The smallest absolute Gasteiger partial charge is 0.0648 e. The molecule has 1 aromatic carbocycles. The van der Waals surface area contributed by atoms with E-state index in [0.717, 1.165) is 16.6 Å². The molecule has 2 rings (SSSR count). The van der Waals surface area contributed by atoms with E-state index in [4.69, 9.17) is 0 Å². The van der Waals surface area contributed by atoms with E-state index >= 15 is 0 Å². The molecule has 1 aliphatic heterocycles. The van der Waals surface area contributed by atoms with Gasteiger partial charge in [-0.25, -0.2) is 0 Å². The first-order valence-corrected chi connectivity index (χ1v) is 8.82. The summed E-state index contributed by atoms with van der Waals surface area (Å²) in [7, 11) is -1.31. The second-order valence-corrected chi connectivity index (χ2v) is 11.7. The van der Waals surface area contributed by atoms with Crippen LogP contribution in [0, 0.1) is 0 Å². The monoisotopic (exact) mass is 232 g/mol. The zero-order chi connectivity index (χ0) is 11.9. The maximum atomic E-state index is 2.49. The van der Waals surface area contributed by atoms with Gasteiger partial charge in [0.25, 0.3) is 0 Å². The average Bonchev–Trinajstić information content (AvgIpc) is 2.50. The molecule has 1 unspecified atom stereocenters. The van der Waals surface area contributed by atoms with E-state index in [1.165, 1.54) is 6.42 Å². The lowest BCUT2D eigenvalue weighted by Crippen LogP contribution is -2.53. The zero-order valence-electron chi connectivity index (χ0n) is 11.2. The molecule has 16 heavy (non-hydrogen) atoms. The normalized spacial score (nSPS) is 22.8. The molecule has 0 saturated heterocycles. The fraction of sp³-hybridized carbons (Fsp3) is 0.600. The minimum atomic E-state index is -1.31. The minimum Gasteiger partial charge on any atom is -0.0648 e. The Hall–Kier alpha value is -0.563. The molecule has 1 heterocycles. The SMILES string of the molecule is CC(C)[Si]1(C(C)C)c2ccccc2CC1C. The standard InChI is InChI=1S/C15H24Si/c1-11(2)16(12(3)4)13(5)10-14-8-6-7-9-15(14)16/h6-9,11-13H,10H2,1-5H3. The van der Waals surface area contributed by atoms with Crippen LogP contribution in [0.2, 0.25) is 16.6 Å². The van der Waals surface area contributed by atoms with Gasteiger partial charge in [-0.15, -0.1) is 0 Å². The molecular weight excluding hydrogens is 208 g/mol. The highest BCUT2D eigenvalue weighted by Crippen LogP contribution is 2.46. The van der Waals surface area contributed by atoms with Crippen LogP contribution in [0.25, 0.3) is 0 Å². The summed E-state index contributed by atoms with van der Waals surface area (Å²) in [6.07, 6.45) is 1.32. The molecular formula is C15H24Si. The van der Waals surface area contributed by atoms with Crippen molar-refractivity contribution < 1.29 is 0 Å². The van der Waals surface area contributed by atoms with Crippen LogP contribution in [0.3, 0.4) is 0 Å². The van der Waals surface area contributed by atoms with Crippen LogP contribution in [-0.4, -0.2) is 8.07 Å². The van der Waals surface area contributed by atoms with Crippen LogP contribution in [-0.2, 0) is 6.42 Å². The zero-order valence-corrected chi connectivity index (χ0v) is 12.2. The molecule has 0 aliphatic carbocycles. The first-order valence-electron chi connectivity index (χ1n) is 6.59. The van der Waals surface area contributed by atoms with Gasteiger partial charge < -0.3 is 0 Å². The lowest BCUT2D eigenvalue weighted by molar-refractivity contribution is 0.812. The molecule has 0 nitrogen and oxygen atoms in total. The summed E-state index contributed by atoms with van der Waals surface area (Å²) >= 11 is 0. The Bertz CT molecular complexity index is 371. The predicted molar refractivity (Wildman–Crippen MR) is 75.2 cm³/mol. The molecule has 1 heteroatoms. The van der Waals surface area contributed by atoms with Gasteiger partial charge in [-0.1, -0.05) is 64.1 Å². The third kappa shape index (κ3) is 1.41. The highest BCUT2D eigenvalue weighted by molar-refractivity contribution is 6.96. The quantitative estimate of drug-likeness (QED) is 0.673. The Morgan fingerprint density at radius 2 is 1.62 bits per heavy atom. The molecule has 0 bridgehead atoms. The van der Waals surface area contributed by atoms with E-state index in [2.05, 4.69) is 58.9 Å². The van der Waals surface area contributed by atoms with Crippen LogP contribution in [0.15, 0.2) is 24.3 Å². The van der Waals surface area contributed by atoms with Gasteiger partial charge in [0.1, 0.15) is 0 Å². The molecule has 0 aromatic heterocycles. The largest absolute Gasteiger partial charge is 0.0952 e. The molecule has 0 fully saturated rings. The van der Waals surface area contributed by atoms with E-state index in [9.17, 15) is 0 Å². The first kappa shape index (κ1) is 11.9. The van der Waals surface area contributed by atoms with E-state index in [1.807, 2.05) is 0 Å². The summed E-state index contributed by atoms with van der Waals surface area (Å²) in [4.78, 5) is 0. The minimum absolute atomic E-state index is 0.853. The van der Waals surface area contributed by atoms with Gasteiger partial charge in [0, 0.05) is 0 Å². The highest BCUT2D eigenvalue weighted by Gasteiger charge is 2.50. The lowest BCUT2D eigenvalue weighted by atomic mass is 10.1. The summed E-state index contributed by atoms with van der Waals surface area (Å²) in [5.41, 5.74) is 4.26. The van der Waals surface area contributed by atoms with Gasteiger partial charge in [0.15, 0.2) is 0 Å². The van der Waals surface area contributed by atoms with Crippen LogP contribution >= 0.6 is 0 Å². The third-order valence-electron chi connectivity index (χ3n) is 4.74. The summed E-state index contributed by atoms with van der Waals surface area (Å²) < 4.78 is 0. The maximum Gasteiger partial charge on any atom is 0.0952 e. The molecule has 1 aromatic rings. The molecule has 0 saturated carbocycles. The molecule has 1 aliphatic rings. The highest BCUT2D eigenvalue weighted by atomic mass is 28.3. The second kappa shape index (κ2) is 4.03.